The van der Waals surface area contributed by atoms with Gasteiger partial charge in [0.25, 0.3) is 5.56 Å². The summed E-state index contributed by atoms with van der Waals surface area (Å²) in [6, 6.07) is 7.92. The molecule has 1 N–H and O–H groups in total. The Hall–Kier alpha value is -2.76. The zero-order chi connectivity index (χ0) is 14.1. The number of nitrogens with zero attached hydrogens (tertiary/aromatic N) is 4. The van der Waals surface area contributed by atoms with E-state index in [0.717, 1.165) is 11.3 Å². The molecule has 2 aromatic heterocycles. The van der Waals surface area contributed by atoms with Gasteiger partial charge >= 0.3 is 0 Å². The molecule has 3 aromatic rings. The molecular formula is C14H13N5O. The zero-order valence-corrected chi connectivity index (χ0v) is 11.2. The Bertz CT molecular complexity index is 808. The van der Waals surface area contributed by atoms with Gasteiger partial charge in [0.2, 0.25) is 0 Å². The van der Waals surface area contributed by atoms with Crippen LogP contribution < -0.4 is 10.5 Å². The number of rotatable bonds is 2. The maximum atomic E-state index is 11.4. The number of benzene rings is 1. The zero-order valence-electron chi connectivity index (χ0n) is 11.2. The third-order valence-corrected chi connectivity index (χ3v) is 3.04. The second-order valence-electron chi connectivity index (χ2n) is 4.61. The smallest absolute Gasteiger partial charge is 0.267 e. The summed E-state index contributed by atoms with van der Waals surface area (Å²) in [4.78, 5) is 28.5. The van der Waals surface area contributed by atoms with Crippen molar-refractivity contribution in [2.75, 3.05) is 19.0 Å². The molecule has 20 heavy (non-hydrogen) atoms. The summed E-state index contributed by atoms with van der Waals surface area (Å²) in [6.07, 6.45) is 2.66. The summed E-state index contributed by atoms with van der Waals surface area (Å²) in [5.41, 5.74) is 3.44. The van der Waals surface area contributed by atoms with Crippen LogP contribution >= 0.6 is 0 Å². The minimum absolute atomic E-state index is 0.265. The first-order valence-corrected chi connectivity index (χ1v) is 6.13. The molecule has 0 aliphatic rings. The first-order chi connectivity index (χ1) is 9.65. The molecule has 6 nitrogen and oxygen atoms in total. The van der Waals surface area contributed by atoms with Crippen LogP contribution in [-0.2, 0) is 0 Å². The molecular weight excluding hydrogens is 254 g/mol. The van der Waals surface area contributed by atoms with Crippen molar-refractivity contribution in [1.82, 2.24) is 19.9 Å². The fourth-order valence-corrected chi connectivity index (χ4v) is 2.00. The third kappa shape index (κ3) is 2.11. The number of fused-ring (bicyclic) bond motifs is 1. The molecule has 100 valence electrons. The lowest BCUT2D eigenvalue weighted by atomic mass is 10.1. The molecule has 0 aliphatic heterocycles. The van der Waals surface area contributed by atoms with E-state index in [1.165, 1.54) is 12.5 Å². The van der Waals surface area contributed by atoms with Gasteiger partial charge in [0, 0.05) is 25.3 Å². The van der Waals surface area contributed by atoms with Crippen LogP contribution in [0.4, 0.5) is 5.69 Å². The molecule has 0 radical (unpaired) electrons. The topological polar surface area (TPSA) is 74.8 Å². The van der Waals surface area contributed by atoms with Gasteiger partial charge < -0.3 is 9.88 Å². The van der Waals surface area contributed by atoms with Gasteiger partial charge in [-0.15, -0.1) is 0 Å². The normalized spacial score (nSPS) is 10.7. The van der Waals surface area contributed by atoms with Crippen molar-refractivity contribution < 1.29 is 0 Å². The first-order valence-electron chi connectivity index (χ1n) is 6.13. The van der Waals surface area contributed by atoms with Gasteiger partial charge in [-0.1, -0.05) is 12.1 Å². The summed E-state index contributed by atoms with van der Waals surface area (Å²) in [7, 11) is 3.97. The molecule has 1 aromatic carbocycles. The van der Waals surface area contributed by atoms with Crippen molar-refractivity contribution in [3.63, 3.8) is 0 Å². The van der Waals surface area contributed by atoms with E-state index in [1.54, 1.807) is 0 Å². The predicted molar refractivity (Wildman–Crippen MR) is 77.7 cm³/mol. The number of anilines is 1. The summed E-state index contributed by atoms with van der Waals surface area (Å²) in [5.74, 6) is 0. The lowest BCUT2D eigenvalue weighted by Crippen LogP contribution is -2.08. The molecule has 0 saturated carbocycles. The van der Waals surface area contributed by atoms with E-state index in [9.17, 15) is 4.79 Å². The number of aromatic amines is 1. The number of aromatic nitrogens is 4. The molecule has 0 unspecified atom stereocenters. The predicted octanol–water partition coefficient (Wildman–Crippen LogP) is 1.45. The van der Waals surface area contributed by atoms with Crippen LogP contribution in [-0.4, -0.2) is 34.0 Å². The van der Waals surface area contributed by atoms with Crippen molar-refractivity contribution in [2.24, 2.45) is 0 Å². The summed E-state index contributed by atoms with van der Waals surface area (Å²) < 4.78 is 0. The summed E-state index contributed by atoms with van der Waals surface area (Å²) >= 11 is 0. The fourth-order valence-electron chi connectivity index (χ4n) is 2.00. The van der Waals surface area contributed by atoms with Crippen molar-refractivity contribution in [1.29, 1.82) is 0 Å². The molecule has 0 atom stereocenters. The van der Waals surface area contributed by atoms with Crippen LogP contribution in [0.15, 0.2) is 41.6 Å². The van der Waals surface area contributed by atoms with Crippen LogP contribution in [0.3, 0.4) is 0 Å². The Labute approximate surface area is 115 Å². The van der Waals surface area contributed by atoms with Crippen LogP contribution in [0.1, 0.15) is 0 Å². The van der Waals surface area contributed by atoms with E-state index in [1.807, 2.05) is 43.3 Å². The Morgan fingerprint density at radius 1 is 1.05 bits per heavy atom. The van der Waals surface area contributed by atoms with Crippen LogP contribution in [0, 0.1) is 0 Å². The summed E-state index contributed by atoms with van der Waals surface area (Å²) in [5, 5.41) is 0. The third-order valence-electron chi connectivity index (χ3n) is 3.04. The molecule has 0 bridgehead atoms. The second-order valence-corrected chi connectivity index (χ2v) is 4.61. The van der Waals surface area contributed by atoms with E-state index in [0.29, 0.717) is 16.9 Å². The molecule has 3 rings (SSSR count). The average Bonchev–Trinajstić information content (AvgIpc) is 2.46. The Morgan fingerprint density at radius 2 is 1.80 bits per heavy atom. The molecule has 0 spiro atoms. The van der Waals surface area contributed by atoms with Gasteiger partial charge in [0.15, 0.2) is 5.65 Å². The van der Waals surface area contributed by atoms with E-state index in [-0.39, 0.29) is 5.56 Å². The highest BCUT2D eigenvalue weighted by molar-refractivity contribution is 5.86. The van der Waals surface area contributed by atoms with Gasteiger partial charge in [-0.25, -0.2) is 15.0 Å². The number of hydrogen-bond acceptors (Lipinski definition) is 5. The average molecular weight is 267 g/mol. The molecule has 0 fully saturated rings. The standard InChI is InChI=1S/C14H13N5O/c1-19(2)10-5-3-9(4-6-10)12-13-14(17-8-16-12)15-7-11(20)18-13/h3-8H,1-2H3,(H,18,20). The summed E-state index contributed by atoms with van der Waals surface area (Å²) in [6.45, 7) is 0. The number of hydrogen-bond donors (Lipinski definition) is 1. The van der Waals surface area contributed by atoms with E-state index in [2.05, 4.69) is 19.9 Å². The lowest BCUT2D eigenvalue weighted by molar-refractivity contribution is 1.12. The largest absolute Gasteiger partial charge is 0.378 e. The monoisotopic (exact) mass is 267 g/mol. The van der Waals surface area contributed by atoms with E-state index in [4.69, 9.17) is 0 Å². The van der Waals surface area contributed by atoms with Gasteiger partial charge in [-0.2, -0.15) is 0 Å². The maximum absolute atomic E-state index is 11.4. The highest BCUT2D eigenvalue weighted by Crippen LogP contribution is 2.24. The van der Waals surface area contributed by atoms with Crippen molar-refractivity contribution in [3.8, 4) is 11.3 Å². The van der Waals surface area contributed by atoms with Crippen molar-refractivity contribution in [3.05, 3.63) is 47.1 Å². The minimum Gasteiger partial charge on any atom is -0.378 e. The maximum Gasteiger partial charge on any atom is 0.267 e. The number of nitrogens with one attached hydrogen (secondary N) is 1. The van der Waals surface area contributed by atoms with Crippen molar-refractivity contribution in [2.45, 2.75) is 0 Å². The lowest BCUT2D eigenvalue weighted by Gasteiger charge is -2.12. The molecule has 6 heteroatoms. The quantitative estimate of drug-likeness (QED) is 0.760. The molecule has 2 heterocycles. The van der Waals surface area contributed by atoms with Crippen LogP contribution in [0.5, 0.6) is 0 Å². The highest BCUT2D eigenvalue weighted by atomic mass is 16.1. The van der Waals surface area contributed by atoms with Crippen molar-refractivity contribution >= 4 is 16.9 Å². The second kappa shape index (κ2) is 4.73. The SMILES string of the molecule is CN(C)c1ccc(-c2ncnc3ncc(=O)[nH]c23)cc1. The van der Waals surface area contributed by atoms with E-state index >= 15 is 0 Å². The van der Waals surface area contributed by atoms with Gasteiger partial charge in [-0.3, -0.25) is 4.79 Å². The van der Waals surface area contributed by atoms with Crippen LogP contribution in [0.25, 0.3) is 22.4 Å². The Balaban J connectivity index is 2.18. The first kappa shape index (κ1) is 12.3. The van der Waals surface area contributed by atoms with Gasteiger partial charge in [0.05, 0.1) is 11.9 Å². The minimum atomic E-state index is -0.265. The highest BCUT2D eigenvalue weighted by Gasteiger charge is 2.08. The molecule has 0 saturated heterocycles. The molecule has 0 aliphatic carbocycles. The molecule has 0 amide bonds. The van der Waals surface area contributed by atoms with E-state index < -0.39 is 0 Å². The van der Waals surface area contributed by atoms with Crippen LogP contribution in [0.2, 0.25) is 0 Å². The Morgan fingerprint density at radius 3 is 2.50 bits per heavy atom. The number of H-pyrrole nitrogens is 1. The van der Waals surface area contributed by atoms with Gasteiger partial charge in [-0.05, 0) is 12.1 Å². The Kier molecular flexibility index (Phi) is 2.90. The fraction of sp³-hybridized carbons (Fsp3) is 0.143. The van der Waals surface area contributed by atoms with Gasteiger partial charge in [0.1, 0.15) is 11.8 Å².